The van der Waals surface area contributed by atoms with E-state index in [1.807, 2.05) is 36.1 Å². The van der Waals surface area contributed by atoms with E-state index in [1.165, 1.54) is 12.8 Å². The number of amides is 1. The van der Waals surface area contributed by atoms with Gasteiger partial charge in [-0.15, -0.1) is 0 Å². The highest BCUT2D eigenvalue weighted by atomic mass is 16.5. The van der Waals surface area contributed by atoms with Crippen LogP contribution in [0.1, 0.15) is 75.8 Å². The lowest BCUT2D eigenvalue weighted by Gasteiger charge is -2.33. The highest BCUT2D eigenvalue weighted by Crippen LogP contribution is 2.32. The van der Waals surface area contributed by atoms with Gasteiger partial charge in [0.15, 0.2) is 0 Å². The number of benzene rings is 1. The molecule has 1 aromatic heterocycles. The third kappa shape index (κ3) is 4.51. The van der Waals surface area contributed by atoms with Gasteiger partial charge in [-0.05, 0) is 38.7 Å². The van der Waals surface area contributed by atoms with Gasteiger partial charge < -0.3 is 9.42 Å². The lowest BCUT2D eigenvalue weighted by molar-refractivity contribution is -0.135. The summed E-state index contributed by atoms with van der Waals surface area (Å²) in [7, 11) is 0. The van der Waals surface area contributed by atoms with Crippen LogP contribution >= 0.6 is 0 Å². The third-order valence-corrected chi connectivity index (χ3v) is 5.07. The monoisotopic (exact) mass is 355 g/mol. The van der Waals surface area contributed by atoms with Gasteiger partial charge in [-0.3, -0.25) is 4.79 Å². The van der Waals surface area contributed by atoms with Crippen molar-refractivity contribution in [3.63, 3.8) is 0 Å². The highest BCUT2D eigenvalue weighted by molar-refractivity contribution is 5.76. The fraction of sp³-hybridized carbons (Fsp3) is 0.571. The molecular formula is C21H29N3O2. The minimum atomic E-state index is -0.0755. The topological polar surface area (TPSA) is 59.2 Å². The summed E-state index contributed by atoms with van der Waals surface area (Å²) in [6.07, 6.45) is 8.13. The first-order chi connectivity index (χ1) is 12.7. The Labute approximate surface area is 155 Å². The first kappa shape index (κ1) is 18.6. The van der Waals surface area contributed by atoms with Crippen LogP contribution in [-0.4, -0.2) is 27.5 Å². The zero-order valence-electron chi connectivity index (χ0n) is 15.9. The molecule has 0 aliphatic carbocycles. The van der Waals surface area contributed by atoms with Crippen molar-refractivity contribution >= 4 is 5.91 Å². The Morgan fingerprint density at radius 3 is 2.96 bits per heavy atom. The fourth-order valence-electron chi connectivity index (χ4n) is 3.61. The molecule has 1 aliphatic rings. The summed E-state index contributed by atoms with van der Waals surface area (Å²) >= 11 is 0. The molecule has 0 saturated carbocycles. The van der Waals surface area contributed by atoms with Crippen LogP contribution in [0.2, 0.25) is 0 Å². The Hall–Kier alpha value is -2.17. The van der Waals surface area contributed by atoms with E-state index in [4.69, 9.17) is 4.52 Å². The average molecular weight is 355 g/mol. The van der Waals surface area contributed by atoms with Crippen molar-refractivity contribution in [1.82, 2.24) is 15.0 Å². The summed E-state index contributed by atoms with van der Waals surface area (Å²) in [6.45, 7) is 5.02. The molecule has 140 valence electrons. The van der Waals surface area contributed by atoms with Gasteiger partial charge in [0, 0.05) is 18.5 Å². The molecule has 5 nitrogen and oxygen atoms in total. The van der Waals surface area contributed by atoms with Crippen LogP contribution in [0.4, 0.5) is 0 Å². The second kappa shape index (κ2) is 8.97. The second-order valence-electron chi connectivity index (χ2n) is 7.24. The van der Waals surface area contributed by atoms with Gasteiger partial charge >= 0.3 is 0 Å². The maximum Gasteiger partial charge on any atom is 0.249 e. The van der Waals surface area contributed by atoms with Crippen molar-refractivity contribution in [3.05, 3.63) is 35.7 Å². The van der Waals surface area contributed by atoms with E-state index in [1.54, 1.807) is 0 Å². The van der Waals surface area contributed by atoms with Crippen LogP contribution in [0, 0.1) is 6.92 Å². The van der Waals surface area contributed by atoms with E-state index in [9.17, 15) is 4.79 Å². The molecule has 1 fully saturated rings. The van der Waals surface area contributed by atoms with Crippen LogP contribution in [0.15, 0.2) is 28.8 Å². The van der Waals surface area contributed by atoms with Crippen LogP contribution in [0.25, 0.3) is 11.4 Å². The summed E-state index contributed by atoms with van der Waals surface area (Å²) in [5.41, 5.74) is 2.11. The van der Waals surface area contributed by atoms with Gasteiger partial charge in [0.05, 0.1) is 0 Å². The van der Waals surface area contributed by atoms with Gasteiger partial charge in [-0.2, -0.15) is 4.98 Å². The molecule has 2 heterocycles. The number of hydrogen-bond acceptors (Lipinski definition) is 4. The lowest BCUT2D eigenvalue weighted by atomic mass is 10.0. The normalized spacial score (nSPS) is 17.5. The Kier molecular flexibility index (Phi) is 6.42. The molecule has 0 spiro atoms. The van der Waals surface area contributed by atoms with Gasteiger partial charge in [0.2, 0.25) is 17.6 Å². The predicted molar refractivity (Wildman–Crippen MR) is 102 cm³/mol. The second-order valence-corrected chi connectivity index (χ2v) is 7.24. The predicted octanol–water partition coefficient (Wildman–Crippen LogP) is 5.07. The fourth-order valence-corrected chi connectivity index (χ4v) is 3.61. The Morgan fingerprint density at radius 1 is 1.27 bits per heavy atom. The first-order valence-corrected chi connectivity index (χ1v) is 9.89. The molecular weight excluding hydrogens is 326 g/mol. The third-order valence-electron chi connectivity index (χ3n) is 5.07. The molecule has 1 aliphatic heterocycles. The van der Waals surface area contributed by atoms with Crippen LogP contribution in [0.3, 0.4) is 0 Å². The number of rotatable bonds is 7. The highest BCUT2D eigenvalue weighted by Gasteiger charge is 2.31. The summed E-state index contributed by atoms with van der Waals surface area (Å²) in [5.74, 6) is 1.40. The zero-order chi connectivity index (χ0) is 18.4. The smallest absolute Gasteiger partial charge is 0.249 e. The zero-order valence-corrected chi connectivity index (χ0v) is 15.9. The van der Waals surface area contributed by atoms with E-state index in [2.05, 4.69) is 17.1 Å². The van der Waals surface area contributed by atoms with E-state index in [0.29, 0.717) is 18.1 Å². The van der Waals surface area contributed by atoms with Gasteiger partial charge in [0.1, 0.15) is 6.04 Å². The number of nitrogens with zero attached hydrogens (tertiary/aromatic N) is 3. The maximum absolute atomic E-state index is 12.7. The molecule has 1 atom stereocenters. The standard InChI is InChI=1S/C21H29N3O2/c1-3-4-5-6-13-19(25)24-14-8-7-12-18(24)21-22-20(23-26-21)17-11-9-10-16(2)15-17/h9-11,15,18H,3-8,12-14H2,1-2H3/t18-/m0/s1. The molecule has 1 amide bonds. The van der Waals surface area contributed by atoms with Crippen molar-refractivity contribution in [3.8, 4) is 11.4 Å². The maximum atomic E-state index is 12.7. The van der Waals surface area contributed by atoms with E-state index < -0.39 is 0 Å². The number of aryl methyl sites for hydroxylation is 1. The van der Waals surface area contributed by atoms with Crippen molar-refractivity contribution in [1.29, 1.82) is 0 Å². The summed E-state index contributed by atoms with van der Waals surface area (Å²) < 4.78 is 5.57. The molecule has 0 radical (unpaired) electrons. The molecule has 26 heavy (non-hydrogen) atoms. The minimum absolute atomic E-state index is 0.0755. The van der Waals surface area contributed by atoms with E-state index in [0.717, 1.165) is 49.8 Å². The summed E-state index contributed by atoms with van der Waals surface area (Å²) in [5, 5.41) is 4.16. The Bertz CT molecular complexity index is 726. The molecule has 3 rings (SSSR count). The van der Waals surface area contributed by atoms with E-state index >= 15 is 0 Å². The Balaban J connectivity index is 1.71. The lowest BCUT2D eigenvalue weighted by Crippen LogP contribution is -2.38. The van der Waals surface area contributed by atoms with Gasteiger partial charge in [0.25, 0.3) is 0 Å². The summed E-state index contributed by atoms with van der Waals surface area (Å²) in [6, 6.07) is 8.00. The number of hydrogen-bond donors (Lipinski definition) is 0. The average Bonchev–Trinajstić information content (AvgIpc) is 3.15. The molecule has 1 aromatic carbocycles. The number of piperidine rings is 1. The molecule has 1 saturated heterocycles. The molecule has 2 aromatic rings. The quantitative estimate of drug-likeness (QED) is 0.651. The van der Waals surface area contributed by atoms with Crippen molar-refractivity contribution in [2.24, 2.45) is 0 Å². The molecule has 0 N–H and O–H groups in total. The largest absolute Gasteiger partial charge is 0.337 e. The first-order valence-electron chi connectivity index (χ1n) is 9.89. The van der Waals surface area contributed by atoms with Crippen LogP contribution in [0.5, 0.6) is 0 Å². The van der Waals surface area contributed by atoms with Gasteiger partial charge in [-0.1, -0.05) is 55.1 Å². The molecule has 0 unspecified atom stereocenters. The number of carbonyl (C=O) groups is 1. The molecule has 0 bridgehead atoms. The van der Waals surface area contributed by atoms with Gasteiger partial charge in [-0.25, -0.2) is 0 Å². The summed E-state index contributed by atoms with van der Waals surface area (Å²) in [4.78, 5) is 19.3. The van der Waals surface area contributed by atoms with Crippen LogP contribution in [-0.2, 0) is 4.79 Å². The minimum Gasteiger partial charge on any atom is -0.337 e. The number of aromatic nitrogens is 2. The van der Waals surface area contributed by atoms with Crippen LogP contribution < -0.4 is 0 Å². The van der Waals surface area contributed by atoms with Crippen molar-refractivity contribution in [2.45, 2.75) is 71.3 Å². The SMILES string of the molecule is CCCCCCC(=O)N1CCCC[C@H]1c1nc(-c2cccc(C)c2)no1. The van der Waals surface area contributed by atoms with Crippen molar-refractivity contribution in [2.75, 3.05) is 6.54 Å². The van der Waals surface area contributed by atoms with E-state index in [-0.39, 0.29) is 11.9 Å². The number of unbranched alkanes of at least 4 members (excludes halogenated alkanes) is 3. The number of carbonyl (C=O) groups excluding carboxylic acids is 1. The van der Waals surface area contributed by atoms with Crippen molar-refractivity contribution < 1.29 is 9.32 Å². The number of likely N-dealkylation sites (tertiary alicyclic amines) is 1. The Morgan fingerprint density at radius 2 is 2.15 bits per heavy atom. The molecule has 5 heteroatoms.